The third-order valence-electron chi connectivity index (χ3n) is 5.29. The topological polar surface area (TPSA) is 3.24 Å². The van der Waals surface area contributed by atoms with Crippen molar-refractivity contribution in [2.24, 2.45) is 0 Å². The lowest BCUT2D eigenvalue weighted by atomic mass is 9.75. The van der Waals surface area contributed by atoms with Crippen LogP contribution in [0.3, 0.4) is 0 Å². The Hall–Kier alpha value is -2.28. The fourth-order valence-electron chi connectivity index (χ4n) is 4.03. The monoisotopic (exact) mass is 301 g/mol. The molecule has 1 heterocycles. The summed E-state index contributed by atoms with van der Waals surface area (Å²) < 4.78 is 0. The van der Waals surface area contributed by atoms with Gasteiger partial charge in [-0.3, -0.25) is 0 Å². The number of fused-ring (bicyclic) bond motifs is 1. The number of anilines is 1. The van der Waals surface area contributed by atoms with Crippen LogP contribution in [0.15, 0.2) is 78.9 Å². The van der Waals surface area contributed by atoms with Gasteiger partial charge in [0, 0.05) is 23.7 Å². The van der Waals surface area contributed by atoms with Crippen molar-refractivity contribution >= 4 is 5.69 Å². The number of hydrogen-bond donors (Lipinski definition) is 0. The molecule has 0 fully saturated rings. The molecule has 1 aliphatic carbocycles. The van der Waals surface area contributed by atoms with E-state index in [2.05, 4.69) is 90.7 Å². The summed E-state index contributed by atoms with van der Waals surface area (Å²) in [4.78, 5) is 2.60. The van der Waals surface area contributed by atoms with Crippen LogP contribution in [-0.4, -0.2) is 12.6 Å². The molecular formula is C22H23N. The van der Waals surface area contributed by atoms with Gasteiger partial charge in [0.1, 0.15) is 0 Å². The fourth-order valence-corrected chi connectivity index (χ4v) is 4.03. The molecule has 1 aliphatic heterocycles. The maximum atomic E-state index is 2.60. The van der Waals surface area contributed by atoms with Gasteiger partial charge in [0.2, 0.25) is 0 Å². The lowest BCUT2D eigenvalue weighted by Gasteiger charge is -2.39. The van der Waals surface area contributed by atoms with Crippen molar-refractivity contribution in [3.8, 4) is 0 Å². The molecule has 23 heavy (non-hydrogen) atoms. The van der Waals surface area contributed by atoms with Gasteiger partial charge >= 0.3 is 0 Å². The number of allylic oxidation sites excluding steroid dienone is 3. The van der Waals surface area contributed by atoms with Crippen LogP contribution in [0, 0.1) is 0 Å². The van der Waals surface area contributed by atoms with Crippen molar-refractivity contribution in [1.82, 2.24) is 0 Å². The number of rotatable bonds is 3. The van der Waals surface area contributed by atoms with Gasteiger partial charge in [0.25, 0.3) is 0 Å². The highest BCUT2D eigenvalue weighted by atomic mass is 15.2. The van der Waals surface area contributed by atoms with E-state index in [0.717, 1.165) is 19.4 Å². The number of nitrogens with zero attached hydrogens (tertiary/aromatic N) is 1. The minimum atomic E-state index is 0.0712. The van der Waals surface area contributed by atoms with E-state index in [1.54, 1.807) is 0 Å². The van der Waals surface area contributed by atoms with Crippen molar-refractivity contribution < 1.29 is 0 Å². The summed E-state index contributed by atoms with van der Waals surface area (Å²) in [5.74, 6) is 0. The minimum Gasteiger partial charge on any atom is -0.367 e. The van der Waals surface area contributed by atoms with Crippen LogP contribution in [0.4, 0.5) is 5.69 Å². The molecule has 2 aromatic rings. The molecule has 0 bridgehead atoms. The van der Waals surface area contributed by atoms with Gasteiger partial charge in [-0.15, -0.1) is 0 Å². The van der Waals surface area contributed by atoms with E-state index in [1.807, 2.05) is 0 Å². The third-order valence-corrected chi connectivity index (χ3v) is 5.29. The van der Waals surface area contributed by atoms with Crippen LogP contribution < -0.4 is 4.90 Å². The van der Waals surface area contributed by atoms with Gasteiger partial charge in [-0.05, 0) is 37.0 Å². The van der Waals surface area contributed by atoms with E-state index in [0.29, 0.717) is 6.04 Å². The van der Waals surface area contributed by atoms with Crippen LogP contribution in [0.5, 0.6) is 0 Å². The number of hydrogen-bond acceptors (Lipinski definition) is 1. The van der Waals surface area contributed by atoms with E-state index in [4.69, 9.17) is 0 Å². The SMILES string of the molecule is CC1Cc2ccccc2N1CC1(c2ccccc2)C=CC=CC1. The van der Waals surface area contributed by atoms with Crippen LogP contribution in [0.1, 0.15) is 24.5 Å². The summed E-state index contributed by atoms with van der Waals surface area (Å²) in [5.41, 5.74) is 4.39. The second kappa shape index (κ2) is 5.73. The van der Waals surface area contributed by atoms with Crippen LogP contribution in [0.2, 0.25) is 0 Å². The smallest absolute Gasteiger partial charge is 0.0402 e. The summed E-state index contributed by atoms with van der Waals surface area (Å²) in [6.45, 7) is 3.39. The first-order chi connectivity index (χ1) is 11.3. The Kier molecular flexibility index (Phi) is 3.57. The van der Waals surface area contributed by atoms with Gasteiger partial charge in [-0.25, -0.2) is 0 Å². The molecule has 1 heteroatoms. The molecule has 2 aliphatic rings. The molecule has 116 valence electrons. The Morgan fingerprint density at radius 2 is 1.78 bits per heavy atom. The van der Waals surface area contributed by atoms with Crippen molar-refractivity contribution in [2.75, 3.05) is 11.4 Å². The highest BCUT2D eigenvalue weighted by Gasteiger charge is 2.36. The standard InChI is InChI=1S/C22H23N/c1-18-16-19-10-6-7-13-21(19)23(18)17-22(14-8-3-9-15-22)20-11-4-2-5-12-20/h2-14,18H,15-17H2,1H3. The molecule has 1 nitrogen and oxygen atoms in total. The van der Waals surface area contributed by atoms with Gasteiger partial charge < -0.3 is 4.90 Å². The summed E-state index contributed by atoms with van der Waals surface area (Å²) in [5, 5.41) is 0. The van der Waals surface area contributed by atoms with E-state index in [-0.39, 0.29) is 5.41 Å². The zero-order valence-electron chi connectivity index (χ0n) is 13.7. The summed E-state index contributed by atoms with van der Waals surface area (Å²) >= 11 is 0. The predicted molar refractivity (Wildman–Crippen MR) is 98.0 cm³/mol. The Morgan fingerprint density at radius 3 is 2.57 bits per heavy atom. The Morgan fingerprint density at radius 1 is 1.00 bits per heavy atom. The molecule has 0 N–H and O–H groups in total. The molecule has 2 atom stereocenters. The maximum absolute atomic E-state index is 2.60. The molecule has 2 aromatic carbocycles. The first kappa shape index (κ1) is 14.3. The summed E-state index contributed by atoms with van der Waals surface area (Å²) in [7, 11) is 0. The summed E-state index contributed by atoms with van der Waals surface area (Å²) in [6.07, 6.45) is 11.3. The van der Waals surface area contributed by atoms with Gasteiger partial charge in [0.15, 0.2) is 0 Å². The lowest BCUT2D eigenvalue weighted by molar-refractivity contribution is 0.500. The minimum absolute atomic E-state index is 0.0712. The molecule has 2 unspecified atom stereocenters. The zero-order valence-corrected chi connectivity index (χ0v) is 13.7. The highest BCUT2D eigenvalue weighted by Crippen LogP contribution is 2.39. The predicted octanol–water partition coefficient (Wildman–Crippen LogP) is 4.89. The first-order valence-corrected chi connectivity index (χ1v) is 8.53. The number of benzene rings is 2. The van der Waals surface area contributed by atoms with Crippen LogP contribution >= 0.6 is 0 Å². The largest absolute Gasteiger partial charge is 0.367 e. The van der Waals surface area contributed by atoms with E-state index < -0.39 is 0 Å². The van der Waals surface area contributed by atoms with Crippen molar-refractivity contribution in [3.05, 3.63) is 90.0 Å². The van der Waals surface area contributed by atoms with Gasteiger partial charge in [0.05, 0.1) is 0 Å². The third kappa shape index (κ3) is 2.50. The molecule has 0 amide bonds. The van der Waals surface area contributed by atoms with Gasteiger partial charge in [-0.1, -0.05) is 72.8 Å². The summed E-state index contributed by atoms with van der Waals surface area (Å²) in [6, 6.07) is 20.4. The van der Waals surface area contributed by atoms with Crippen molar-refractivity contribution in [3.63, 3.8) is 0 Å². The zero-order chi connectivity index (χ0) is 15.7. The molecule has 0 radical (unpaired) electrons. The second-order valence-electron chi connectivity index (χ2n) is 6.82. The Balaban J connectivity index is 1.72. The highest BCUT2D eigenvalue weighted by molar-refractivity contribution is 5.60. The van der Waals surface area contributed by atoms with Gasteiger partial charge in [-0.2, -0.15) is 0 Å². The fraction of sp³-hybridized carbons (Fsp3) is 0.273. The van der Waals surface area contributed by atoms with E-state index >= 15 is 0 Å². The van der Waals surface area contributed by atoms with Crippen LogP contribution in [0.25, 0.3) is 0 Å². The van der Waals surface area contributed by atoms with E-state index in [1.165, 1.54) is 16.8 Å². The lowest BCUT2D eigenvalue weighted by Crippen LogP contribution is -2.42. The van der Waals surface area contributed by atoms with Crippen molar-refractivity contribution in [2.45, 2.75) is 31.2 Å². The molecule has 0 aromatic heterocycles. The molecular weight excluding hydrogens is 278 g/mol. The Bertz CT molecular complexity index is 744. The molecule has 0 saturated carbocycles. The second-order valence-corrected chi connectivity index (χ2v) is 6.82. The Labute approximate surface area is 139 Å². The maximum Gasteiger partial charge on any atom is 0.0402 e. The van der Waals surface area contributed by atoms with Crippen molar-refractivity contribution in [1.29, 1.82) is 0 Å². The first-order valence-electron chi connectivity index (χ1n) is 8.53. The number of para-hydroxylation sites is 1. The molecule has 4 rings (SSSR count). The molecule has 0 saturated heterocycles. The molecule has 0 spiro atoms. The normalized spacial score (nSPS) is 25.6. The van der Waals surface area contributed by atoms with E-state index in [9.17, 15) is 0 Å². The average molecular weight is 301 g/mol. The van der Waals surface area contributed by atoms with Crippen LogP contribution in [-0.2, 0) is 11.8 Å². The quantitative estimate of drug-likeness (QED) is 0.780. The average Bonchev–Trinajstić information content (AvgIpc) is 2.92.